The Morgan fingerprint density at radius 2 is 1.64 bits per heavy atom. The molecule has 2 aliphatic heterocycles. The van der Waals surface area contributed by atoms with Crippen molar-refractivity contribution in [3.05, 3.63) is 59.2 Å². The molecule has 4 amide bonds. The first kappa shape index (κ1) is 25.6. The zero-order valence-corrected chi connectivity index (χ0v) is 21.6. The first-order valence-electron chi connectivity index (χ1n) is 11.6. The van der Waals surface area contributed by atoms with Gasteiger partial charge < -0.3 is 15.0 Å². The van der Waals surface area contributed by atoms with Crippen LogP contribution in [0.5, 0.6) is 5.75 Å². The van der Waals surface area contributed by atoms with Crippen molar-refractivity contribution >= 4 is 27.9 Å². The number of hydrogen-bond acceptors (Lipinski definition) is 6. The van der Waals surface area contributed by atoms with E-state index in [0.29, 0.717) is 11.3 Å². The summed E-state index contributed by atoms with van der Waals surface area (Å²) in [6.07, 6.45) is 0. The van der Waals surface area contributed by atoms with Gasteiger partial charge in [-0.25, -0.2) is 13.2 Å². The largest absolute Gasteiger partial charge is 0.497 e. The minimum Gasteiger partial charge on any atom is -0.497 e. The Morgan fingerprint density at radius 1 is 1.00 bits per heavy atom. The van der Waals surface area contributed by atoms with Crippen LogP contribution >= 0.6 is 0 Å². The monoisotopic (exact) mass is 514 g/mol. The molecule has 11 heteroatoms. The van der Waals surface area contributed by atoms with E-state index in [2.05, 4.69) is 5.32 Å². The summed E-state index contributed by atoms with van der Waals surface area (Å²) in [5.41, 5.74) is 1.16. The molecule has 2 aromatic carbocycles. The number of aryl methyl sites for hydroxylation is 2. The third-order valence-corrected chi connectivity index (χ3v) is 8.84. The number of benzene rings is 2. The Labute approximate surface area is 210 Å². The van der Waals surface area contributed by atoms with Crippen LogP contribution in [0.1, 0.15) is 23.6 Å². The van der Waals surface area contributed by atoms with Crippen molar-refractivity contribution in [2.75, 3.05) is 39.8 Å². The van der Waals surface area contributed by atoms with Crippen molar-refractivity contribution < 1.29 is 27.5 Å². The second-order valence-electron chi connectivity index (χ2n) is 9.21. The van der Waals surface area contributed by atoms with Crippen LogP contribution in [-0.2, 0) is 25.2 Å². The Kier molecular flexibility index (Phi) is 6.80. The molecule has 192 valence electrons. The van der Waals surface area contributed by atoms with Crippen LogP contribution in [0.3, 0.4) is 0 Å². The minimum absolute atomic E-state index is 0.130. The number of carbonyl (C=O) groups is 3. The fourth-order valence-electron chi connectivity index (χ4n) is 4.40. The van der Waals surface area contributed by atoms with Crippen LogP contribution in [-0.4, -0.2) is 80.2 Å². The van der Waals surface area contributed by atoms with Gasteiger partial charge in [0.05, 0.1) is 12.0 Å². The highest BCUT2D eigenvalue weighted by atomic mass is 32.2. The van der Waals surface area contributed by atoms with Crippen LogP contribution in [0.4, 0.5) is 4.79 Å². The Balaban J connectivity index is 1.40. The van der Waals surface area contributed by atoms with Crippen molar-refractivity contribution in [1.29, 1.82) is 0 Å². The predicted molar refractivity (Wildman–Crippen MR) is 132 cm³/mol. The zero-order valence-electron chi connectivity index (χ0n) is 20.8. The van der Waals surface area contributed by atoms with Gasteiger partial charge in [0, 0.05) is 26.2 Å². The molecule has 2 aromatic rings. The second kappa shape index (κ2) is 9.55. The molecule has 2 heterocycles. The van der Waals surface area contributed by atoms with Gasteiger partial charge in [0.25, 0.3) is 5.91 Å². The first-order valence-corrected chi connectivity index (χ1v) is 13.0. The van der Waals surface area contributed by atoms with E-state index < -0.39 is 40.0 Å². The number of imide groups is 1. The Morgan fingerprint density at radius 3 is 2.22 bits per heavy atom. The summed E-state index contributed by atoms with van der Waals surface area (Å²) in [6.45, 7) is 5.55. The number of methoxy groups -OCH3 is 1. The lowest BCUT2D eigenvalue weighted by atomic mass is 9.92. The molecule has 0 aromatic heterocycles. The summed E-state index contributed by atoms with van der Waals surface area (Å²) in [6, 6.07) is 11.1. The fourth-order valence-corrected chi connectivity index (χ4v) is 5.90. The van der Waals surface area contributed by atoms with Gasteiger partial charge >= 0.3 is 6.03 Å². The lowest BCUT2D eigenvalue weighted by molar-refractivity contribution is -0.139. The van der Waals surface area contributed by atoms with E-state index in [1.54, 1.807) is 49.4 Å². The molecule has 0 aliphatic carbocycles. The molecule has 4 rings (SSSR count). The summed E-state index contributed by atoms with van der Waals surface area (Å²) >= 11 is 0. The van der Waals surface area contributed by atoms with E-state index in [-0.39, 0.29) is 31.1 Å². The van der Waals surface area contributed by atoms with Crippen LogP contribution in [0, 0.1) is 13.8 Å². The standard InChI is InChI=1S/C25H30N4O6S/c1-17-5-10-21(15-18(17)2)36(33,34)28-13-11-27(12-14-28)22(30)16-29-23(31)25(3,26-24(29)32)19-6-8-20(35-4)9-7-19/h5-10,15H,11-14,16H2,1-4H3,(H,26,32)/t25-/m1/s1. The van der Waals surface area contributed by atoms with E-state index in [1.165, 1.54) is 16.3 Å². The van der Waals surface area contributed by atoms with Crippen LogP contribution in [0.25, 0.3) is 0 Å². The number of piperazine rings is 1. The maximum Gasteiger partial charge on any atom is 0.325 e. The van der Waals surface area contributed by atoms with Gasteiger partial charge in [0.2, 0.25) is 15.9 Å². The van der Waals surface area contributed by atoms with Crippen molar-refractivity contribution in [2.24, 2.45) is 0 Å². The molecule has 36 heavy (non-hydrogen) atoms. The molecular weight excluding hydrogens is 484 g/mol. The molecule has 2 saturated heterocycles. The number of nitrogens with one attached hydrogen (secondary N) is 1. The molecule has 0 unspecified atom stereocenters. The number of amides is 4. The molecule has 2 aliphatic rings. The average molecular weight is 515 g/mol. The highest BCUT2D eigenvalue weighted by Crippen LogP contribution is 2.30. The summed E-state index contributed by atoms with van der Waals surface area (Å²) in [5, 5.41) is 2.68. The van der Waals surface area contributed by atoms with Crippen LogP contribution < -0.4 is 10.1 Å². The van der Waals surface area contributed by atoms with Crippen molar-refractivity contribution in [1.82, 2.24) is 19.4 Å². The first-order chi connectivity index (χ1) is 17.0. The molecule has 0 spiro atoms. The normalized spacial score (nSPS) is 21.0. The molecular formula is C25H30N4O6S. The Hall–Kier alpha value is -3.44. The number of rotatable bonds is 6. The predicted octanol–water partition coefficient (Wildman–Crippen LogP) is 1.61. The van der Waals surface area contributed by atoms with Crippen LogP contribution in [0.15, 0.2) is 47.4 Å². The van der Waals surface area contributed by atoms with Gasteiger partial charge in [-0.15, -0.1) is 0 Å². The molecule has 1 atom stereocenters. The molecule has 0 bridgehead atoms. The minimum atomic E-state index is -3.68. The van der Waals surface area contributed by atoms with Crippen molar-refractivity contribution in [3.63, 3.8) is 0 Å². The molecule has 0 saturated carbocycles. The fraction of sp³-hybridized carbons (Fsp3) is 0.400. The quantitative estimate of drug-likeness (QED) is 0.586. The van der Waals surface area contributed by atoms with Crippen LogP contribution in [0.2, 0.25) is 0 Å². The van der Waals surface area contributed by atoms with Gasteiger partial charge in [-0.2, -0.15) is 4.31 Å². The van der Waals surface area contributed by atoms with Gasteiger partial charge in [-0.1, -0.05) is 18.2 Å². The number of sulfonamides is 1. The Bertz CT molecular complexity index is 1300. The zero-order chi connectivity index (χ0) is 26.3. The molecule has 0 radical (unpaired) electrons. The van der Waals surface area contributed by atoms with E-state index in [9.17, 15) is 22.8 Å². The second-order valence-corrected chi connectivity index (χ2v) is 11.1. The lowest BCUT2D eigenvalue weighted by Gasteiger charge is -2.34. The number of urea groups is 1. The molecule has 2 fully saturated rings. The number of nitrogens with zero attached hydrogens (tertiary/aromatic N) is 3. The van der Waals surface area contributed by atoms with Gasteiger partial charge in [-0.05, 0) is 61.7 Å². The lowest BCUT2D eigenvalue weighted by Crippen LogP contribution is -2.53. The van der Waals surface area contributed by atoms with Gasteiger partial charge in [0.15, 0.2) is 0 Å². The van der Waals surface area contributed by atoms with Crippen molar-refractivity contribution in [2.45, 2.75) is 31.2 Å². The summed E-state index contributed by atoms with van der Waals surface area (Å²) in [7, 11) is -2.15. The van der Waals surface area contributed by atoms with E-state index in [0.717, 1.165) is 16.0 Å². The van der Waals surface area contributed by atoms with Gasteiger partial charge in [0.1, 0.15) is 17.8 Å². The smallest absolute Gasteiger partial charge is 0.325 e. The third kappa shape index (κ3) is 4.56. The maximum atomic E-state index is 13.2. The summed E-state index contributed by atoms with van der Waals surface area (Å²) in [5.74, 6) is -0.326. The summed E-state index contributed by atoms with van der Waals surface area (Å²) < 4.78 is 32.6. The number of carbonyl (C=O) groups excluding carboxylic acids is 3. The topological polar surface area (TPSA) is 116 Å². The number of ether oxygens (including phenoxy) is 1. The highest BCUT2D eigenvalue weighted by molar-refractivity contribution is 7.89. The van der Waals surface area contributed by atoms with E-state index in [4.69, 9.17) is 4.74 Å². The third-order valence-electron chi connectivity index (χ3n) is 6.94. The highest BCUT2D eigenvalue weighted by Gasteiger charge is 2.49. The summed E-state index contributed by atoms with van der Waals surface area (Å²) in [4.78, 5) is 41.3. The molecule has 1 N–H and O–H groups in total. The molecule has 10 nitrogen and oxygen atoms in total. The maximum absolute atomic E-state index is 13.2. The average Bonchev–Trinajstić information content (AvgIpc) is 3.09. The van der Waals surface area contributed by atoms with Crippen molar-refractivity contribution in [3.8, 4) is 5.75 Å². The van der Waals surface area contributed by atoms with Gasteiger partial charge in [-0.3, -0.25) is 14.5 Å². The van der Waals surface area contributed by atoms with E-state index >= 15 is 0 Å². The SMILES string of the molecule is COc1ccc([C@@]2(C)NC(=O)N(CC(=O)N3CCN(S(=O)(=O)c4ccc(C)c(C)c4)CC3)C2=O)cc1. The number of hydrogen-bond donors (Lipinski definition) is 1. The van der Waals surface area contributed by atoms with E-state index in [1.807, 2.05) is 13.8 Å².